The summed E-state index contributed by atoms with van der Waals surface area (Å²) in [6, 6.07) is 11.2. The summed E-state index contributed by atoms with van der Waals surface area (Å²) in [6.07, 6.45) is 1.68. The Kier molecular flexibility index (Phi) is 5.08. The van der Waals surface area contributed by atoms with Crippen LogP contribution < -0.4 is 15.0 Å². The van der Waals surface area contributed by atoms with E-state index in [2.05, 4.69) is 20.2 Å². The van der Waals surface area contributed by atoms with Crippen LogP contribution in [-0.4, -0.2) is 49.3 Å². The quantitative estimate of drug-likeness (QED) is 0.752. The lowest BCUT2D eigenvalue weighted by Gasteiger charge is -2.27. The van der Waals surface area contributed by atoms with Crippen molar-refractivity contribution in [1.82, 2.24) is 9.97 Å². The van der Waals surface area contributed by atoms with Gasteiger partial charge in [-0.05, 0) is 43.3 Å². The summed E-state index contributed by atoms with van der Waals surface area (Å²) in [7, 11) is 1.62. The number of carbonyl (C=O) groups excluding carboxylic acids is 1. The number of hydrogen-bond donors (Lipinski definition) is 1. The molecule has 1 aromatic carbocycles. The Balaban J connectivity index is 1.53. The van der Waals surface area contributed by atoms with Crippen LogP contribution in [0.2, 0.25) is 0 Å². The first-order valence-electron chi connectivity index (χ1n) is 9.19. The van der Waals surface area contributed by atoms with Gasteiger partial charge in [-0.1, -0.05) is 0 Å². The van der Waals surface area contributed by atoms with Gasteiger partial charge in [-0.2, -0.15) is 0 Å². The number of methoxy groups -OCH3 is 1. The van der Waals surface area contributed by atoms with Crippen molar-refractivity contribution in [3.8, 4) is 5.75 Å². The van der Waals surface area contributed by atoms with Gasteiger partial charge in [-0.25, -0.2) is 4.98 Å². The van der Waals surface area contributed by atoms with Gasteiger partial charge in [0.05, 0.1) is 49.0 Å². The highest BCUT2D eigenvalue weighted by molar-refractivity contribution is 6.06. The van der Waals surface area contributed by atoms with Gasteiger partial charge in [-0.15, -0.1) is 0 Å². The molecule has 0 spiro atoms. The maximum absolute atomic E-state index is 12.8. The average molecular weight is 378 g/mol. The van der Waals surface area contributed by atoms with Crippen LogP contribution in [0.4, 0.5) is 11.5 Å². The summed E-state index contributed by atoms with van der Waals surface area (Å²) in [5, 5.41) is 3.76. The van der Waals surface area contributed by atoms with E-state index in [9.17, 15) is 4.79 Å². The van der Waals surface area contributed by atoms with Crippen LogP contribution >= 0.6 is 0 Å². The number of fused-ring (bicyclic) bond motifs is 1. The van der Waals surface area contributed by atoms with Gasteiger partial charge >= 0.3 is 0 Å². The number of anilines is 2. The largest absolute Gasteiger partial charge is 0.497 e. The molecule has 1 fully saturated rings. The van der Waals surface area contributed by atoms with E-state index in [1.807, 2.05) is 43.3 Å². The van der Waals surface area contributed by atoms with Crippen molar-refractivity contribution in [2.45, 2.75) is 6.92 Å². The van der Waals surface area contributed by atoms with Gasteiger partial charge in [0.1, 0.15) is 11.6 Å². The Morgan fingerprint density at radius 2 is 2.00 bits per heavy atom. The van der Waals surface area contributed by atoms with E-state index in [1.165, 1.54) is 0 Å². The second kappa shape index (κ2) is 7.82. The minimum atomic E-state index is -0.212. The number of aromatic nitrogens is 2. The molecule has 7 nitrogen and oxygen atoms in total. The molecule has 7 heteroatoms. The third kappa shape index (κ3) is 3.75. The molecule has 1 aliphatic heterocycles. The summed E-state index contributed by atoms with van der Waals surface area (Å²) in [6.45, 7) is 4.89. The third-order valence-corrected chi connectivity index (χ3v) is 4.80. The zero-order valence-corrected chi connectivity index (χ0v) is 15.9. The topological polar surface area (TPSA) is 76.6 Å². The Labute approximate surface area is 163 Å². The lowest BCUT2D eigenvalue weighted by atomic mass is 10.1. The maximum atomic E-state index is 12.8. The molecule has 0 aliphatic carbocycles. The SMILES string of the molecule is COc1ccc2nc(C)c(C(=O)Nc3ccc(N4CCOCC4)nc3)cc2c1. The molecule has 3 aromatic rings. The second-order valence-corrected chi connectivity index (χ2v) is 6.64. The number of carbonyl (C=O) groups is 1. The number of hydrogen-bond acceptors (Lipinski definition) is 6. The van der Waals surface area contributed by atoms with E-state index in [0.717, 1.165) is 35.6 Å². The molecule has 0 radical (unpaired) electrons. The predicted molar refractivity (Wildman–Crippen MR) is 108 cm³/mol. The number of aryl methyl sites for hydroxylation is 1. The van der Waals surface area contributed by atoms with Crippen molar-refractivity contribution >= 4 is 28.3 Å². The highest BCUT2D eigenvalue weighted by Crippen LogP contribution is 2.23. The first-order valence-corrected chi connectivity index (χ1v) is 9.19. The molecule has 2 aromatic heterocycles. The van der Waals surface area contributed by atoms with Crippen molar-refractivity contribution < 1.29 is 14.3 Å². The Morgan fingerprint density at radius 1 is 1.18 bits per heavy atom. The van der Waals surface area contributed by atoms with E-state index < -0.39 is 0 Å². The number of amides is 1. The van der Waals surface area contributed by atoms with E-state index in [0.29, 0.717) is 30.2 Å². The number of morpholine rings is 1. The fourth-order valence-corrected chi connectivity index (χ4v) is 3.25. The van der Waals surface area contributed by atoms with Crippen LogP contribution in [0.3, 0.4) is 0 Å². The van der Waals surface area contributed by atoms with E-state index in [1.54, 1.807) is 13.3 Å². The highest BCUT2D eigenvalue weighted by Gasteiger charge is 2.15. The lowest BCUT2D eigenvalue weighted by molar-refractivity contribution is 0.102. The monoisotopic (exact) mass is 378 g/mol. The van der Waals surface area contributed by atoms with E-state index in [4.69, 9.17) is 9.47 Å². The minimum absolute atomic E-state index is 0.212. The normalized spacial score (nSPS) is 14.1. The van der Waals surface area contributed by atoms with Gasteiger partial charge in [0.25, 0.3) is 5.91 Å². The van der Waals surface area contributed by atoms with Crippen LogP contribution in [0.25, 0.3) is 10.9 Å². The van der Waals surface area contributed by atoms with Gasteiger partial charge in [0.15, 0.2) is 0 Å². The molecule has 0 unspecified atom stereocenters. The molecule has 1 N–H and O–H groups in total. The average Bonchev–Trinajstić information content (AvgIpc) is 2.74. The predicted octanol–water partition coefficient (Wildman–Crippen LogP) is 3.04. The number of nitrogens with one attached hydrogen (secondary N) is 1. The molecule has 28 heavy (non-hydrogen) atoms. The minimum Gasteiger partial charge on any atom is -0.497 e. The third-order valence-electron chi connectivity index (χ3n) is 4.80. The van der Waals surface area contributed by atoms with Crippen molar-refractivity contribution in [3.63, 3.8) is 0 Å². The number of benzene rings is 1. The molecular weight excluding hydrogens is 356 g/mol. The number of rotatable bonds is 4. The van der Waals surface area contributed by atoms with E-state index >= 15 is 0 Å². The number of pyridine rings is 2. The summed E-state index contributed by atoms with van der Waals surface area (Å²) in [5.74, 6) is 1.40. The highest BCUT2D eigenvalue weighted by atomic mass is 16.5. The van der Waals surface area contributed by atoms with Crippen molar-refractivity contribution in [1.29, 1.82) is 0 Å². The van der Waals surface area contributed by atoms with Crippen molar-refractivity contribution in [2.75, 3.05) is 43.6 Å². The Bertz CT molecular complexity index is 998. The van der Waals surface area contributed by atoms with Gasteiger partial charge < -0.3 is 19.7 Å². The Hall–Kier alpha value is -3.19. The summed E-state index contributed by atoms with van der Waals surface area (Å²) in [4.78, 5) is 24.0. The molecule has 0 atom stereocenters. The summed E-state index contributed by atoms with van der Waals surface area (Å²) >= 11 is 0. The molecule has 0 saturated carbocycles. The van der Waals surface area contributed by atoms with Crippen LogP contribution in [0.1, 0.15) is 16.1 Å². The molecule has 3 heterocycles. The lowest BCUT2D eigenvalue weighted by Crippen LogP contribution is -2.36. The zero-order chi connectivity index (χ0) is 19.5. The molecule has 4 rings (SSSR count). The summed E-state index contributed by atoms with van der Waals surface area (Å²) in [5.41, 5.74) is 2.67. The van der Waals surface area contributed by atoms with Crippen molar-refractivity contribution in [3.05, 3.63) is 53.9 Å². The standard InChI is InChI=1S/C21H22N4O3/c1-14-18(12-15-11-17(27-2)4-5-19(15)23-14)21(26)24-16-3-6-20(22-13-16)25-7-9-28-10-8-25/h3-6,11-13H,7-10H2,1-2H3,(H,24,26). The van der Waals surface area contributed by atoms with Crippen LogP contribution in [0.15, 0.2) is 42.6 Å². The van der Waals surface area contributed by atoms with Crippen LogP contribution in [-0.2, 0) is 4.74 Å². The Morgan fingerprint density at radius 3 is 2.71 bits per heavy atom. The molecule has 1 amide bonds. The zero-order valence-electron chi connectivity index (χ0n) is 15.9. The smallest absolute Gasteiger partial charge is 0.257 e. The number of ether oxygens (including phenoxy) is 2. The fraction of sp³-hybridized carbons (Fsp3) is 0.286. The van der Waals surface area contributed by atoms with Crippen LogP contribution in [0.5, 0.6) is 5.75 Å². The van der Waals surface area contributed by atoms with Gasteiger partial charge in [0.2, 0.25) is 0 Å². The summed E-state index contributed by atoms with van der Waals surface area (Å²) < 4.78 is 10.6. The van der Waals surface area contributed by atoms with Crippen LogP contribution in [0, 0.1) is 6.92 Å². The molecule has 144 valence electrons. The fourth-order valence-electron chi connectivity index (χ4n) is 3.25. The number of nitrogens with zero attached hydrogens (tertiary/aromatic N) is 3. The first kappa shape index (κ1) is 18.2. The maximum Gasteiger partial charge on any atom is 0.257 e. The molecule has 1 aliphatic rings. The first-order chi connectivity index (χ1) is 13.6. The van der Waals surface area contributed by atoms with Crippen molar-refractivity contribution in [2.24, 2.45) is 0 Å². The molecular formula is C21H22N4O3. The van der Waals surface area contributed by atoms with E-state index in [-0.39, 0.29) is 5.91 Å². The molecule has 0 bridgehead atoms. The molecule has 1 saturated heterocycles. The second-order valence-electron chi connectivity index (χ2n) is 6.64. The van der Waals surface area contributed by atoms with Gasteiger partial charge in [0, 0.05) is 18.5 Å². The van der Waals surface area contributed by atoms with Gasteiger partial charge in [-0.3, -0.25) is 9.78 Å².